The highest BCUT2D eigenvalue weighted by Gasteiger charge is 2.21. The second kappa shape index (κ2) is 7.29. The maximum Gasteiger partial charge on any atom is 0.241 e. The van der Waals surface area contributed by atoms with E-state index in [1.54, 1.807) is 0 Å². The third-order valence-corrected chi connectivity index (χ3v) is 3.94. The molecule has 1 aliphatic carbocycles. The van der Waals surface area contributed by atoms with Gasteiger partial charge in [-0.3, -0.25) is 4.79 Å². The van der Waals surface area contributed by atoms with Crippen LogP contribution in [0.1, 0.15) is 18.4 Å². The zero-order chi connectivity index (χ0) is 16.1. The van der Waals surface area contributed by atoms with Crippen molar-refractivity contribution in [3.63, 3.8) is 0 Å². The number of hydrogen-bond donors (Lipinski definition) is 2. The Bertz CT molecular complexity index is 636. The number of carbonyl (C=O) groups is 1. The van der Waals surface area contributed by atoms with Gasteiger partial charge in [0.05, 0.1) is 12.6 Å². The van der Waals surface area contributed by atoms with Crippen molar-refractivity contribution in [3.05, 3.63) is 60.2 Å². The number of nitrogens with two attached hydrogens (primary N) is 1. The minimum absolute atomic E-state index is 0.180. The molecule has 2 aromatic carbocycles. The molecule has 0 unspecified atom stereocenters. The number of nitrogens with one attached hydrogen (secondary N) is 1. The van der Waals surface area contributed by atoms with Gasteiger partial charge in [-0.25, -0.2) is 0 Å². The van der Waals surface area contributed by atoms with E-state index in [1.165, 1.54) is 12.8 Å². The highest BCUT2D eigenvalue weighted by molar-refractivity contribution is 5.94. The second-order valence-electron chi connectivity index (χ2n) is 6.06. The van der Waals surface area contributed by atoms with Crippen LogP contribution in [0, 0.1) is 5.92 Å². The third kappa shape index (κ3) is 4.83. The third-order valence-electron chi connectivity index (χ3n) is 3.94. The van der Waals surface area contributed by atoms with Gasteiger partial charge in [-0.2, -0.15) is 0 Å². The van der Waals surface area contributed by atoms with Gasteiger partial charge >= 0.3 is 0 Å². The maximum absolute atomic E-state index is 12.2. The van der Waals surface area contributed by atoms with Crippen LogP contribution in [0.2, 0.25) is 0 Å². The van der Waals surface area contributed by atoms with Gasteiger partial charge in [0, 0.05) is 5.69 Å². The average molecular weight is 310 g/mol. The van der Waals surface area contributed by atoms with Gasteiger partial charge in [0.2, 0.25) is 5.91 Å². The van der Waals surface area contributed by atoms with Crippen molar-refractivity contribution >= 4 is 11.6 Å². The Labute approximate surface area is 136 Å². The summed E-state index contributed by atoms with van der Waals surface area (Å²) in [5.41, 5.74) is 7.77. The first kappa shape index (κ1) is 15.6. The molecule has 0 radical (unpaired) electrons. The molecule has 120 valence electrons. The Morgan fingerprint density at radius 1 is 1.13 bits per heavy atom. The van der Waals surface area contributed by atoms with E-state index in [1.807, 2.05) is 54.6 Å². The lowest BCUT2D eigenvalue weighted by molar-refractivity contribution is -0.117. The summed E-state index contributed by atoms with van der Waals surface area (Å²) in [5, 5.41) is 2.85. The minimum Gasteiger partial charge on any atom is -0.493 e. The lowest BCUT2D eigenvalue weighted by Gasteiger charge is -2.13. The minimum atomic E-state index is -0.566. The number of rotatable bonds is 7. The maximum atomic E-state index is 12.2. The summed E-state index contributed by atoms with van der Waals surface area (Å²) >= 11 is 0. The molecule has 2 aromatic rings. The van der Waals surface area contributed by atoms with Crippen LogP contribution in [0.15, 0.2) is 54.6 Å². The summed E-state index contributed by atoms with van der Waals surface area (Å²) in [7, 11) is 0. The molecule has 0 aromatic heterocycles. The van der Waals surface area contributed by atoms with E-state index in [4.69, 9.17) is 10.5 Å². The van der Waals surface area contributed by atoms with E-state index in [0.29, 0.717) is 6.42 Å². The summed E-state index contributed by atoms with van der Waals surface area (Å²) in [6, 6.07) is 16.6. The van der Waals surface area contributed by atoms with Crippen LogP contribution in [0.25, 0.3) is 0 Å². The molecule has 0 saturated heterocycles. The normalized spacial score (nSPS) is 15.0. The van der Waals surface area contributed by atoms with E-state index >= 15 is 0 Å². The summed E-state index contributed by atoms with van der Waals surface area (Å²) in [4.78, 5) is 12.2. The monoisotopic (exact) mass is 310 g/mol. The predicted molar refractivity (Wildman–Crippen MR) is 91.4 cm³/mol. The molecule has 0 heterocycles. The van der Waals surface area contributed by atoms with Crippen LogP contribution in [0.5, 0.6) is 5.75 Å². The quantitative estimate of drug-likeness (QED) is 0.826. The molecule has 4 nitrogen and oxygen atoms in total. The van der Waals surface area contributed by atoms with Crippen LogP contribution in [0.3, 0.4) is 0 Å². The van der Waals surface area contributed by atoms with Crippen molar-refractivity contribution in [2.45, 2.75) is 25.3 Å². The average Bonchev–Trinajstić information content (AvgIpc) is 3.39. The van der Waals surface area contributed by atoms with E-state index in [-0.39, 0.29) is 5.91 Å². The van der Waals surface area contributed by atoms with Gasteiger partial charge in [-0.15, -0.1) is 0 Å². The van der Waals surface area contributed by atoms with Crippen LogP contribution < -0.4 is 15.8 Å². The van der Waals surface area contributed by atoms with E-state index < -0.39 is 6.04 Å². The second-order valence-corrected chi connectivity index (χ2v) is 6.06. The van der Waals surface area contributed by atoms with Gasteiger partial charge in [0.1, 0.15) is 5.75 Å². The fourth-order valence-electron chi connectivity index (χ4n) is 2.33. The standard InChI is InChI=1S/C19H22N2O2/c20-18(12-14-4-2-1-3-5-14)19(22)21-16-8-10-17(11-9-16)23-13-15-6-7-15/h1-5,8-11,15,18H,6-7,12-13,20H2,(H,21,22)/t18-/m0/s1. The zero-order valence-corrected chi connectivity index (χ0v) is 13.1. The van der Waals surface area contributed by atoms with Crippen LogP contribution in [-0.4, -0.2) is 18.6 Å². The highest BCUT2D eigenvalue weighted by atomic mass is 16.5. The molecular weight excluding hydrogens is 288 g/mol. The van der Waals surface area contributed by atoms with Gasteiger partial charge in [-0.1, -0.05) is 30.3 Å². The van der Waals surface area contributed by atoms with E-state index in [2.05, 4.69) is 5.32 Å². The fraction of sp³-hybridized carbons (Fsp3) is 0.316. The predicted octanol–water partition coefficient (Wildman–Crippen LogP) is 2.98. The number of hydrogen-bond acceptors (Lipinski definition) is 3. The first-order valence-corrected chi connectivity index (χ1v) is 8.04. The van der Waals surface area contributed by atoms with E-state index in [0.717, 1.165) is 29.5 Å². The number of carbonyl (C=O) groups excluding carboxylic acids is 1. The largest absolute Gasteiger partial charge is 0.493 e. The number of amides is 1. The SMILES string of the molecule is N[C@@H](Cc1ccccc1)C(=O)Nc1ccc(OCC2CC2)cc1. The lowest BCUT2D eigenvalue weighted by atomic mass is 10.1. The molecule has 1 saturated carbocycles. The van der Waals surface area contributed by atoms with E-state index in [9.17, 15) is 4.79 Å². The zero-order valence-electron chi connectivity index (χ0n) is 13.1. The molecule has 1 amide bonds. The number of benzene rings is 2. The molecule has 23 heavy (non-hydrogen) atoms. The molecule has 1 fully saturated rings. The Kier molecular flexibility index (Phi) is 4.93. The molecule has 3 rings (SSSR count). The Morgan fingerprint density at radius 3 is 2.48 bits per heavy atom. The Morgan fingerprint density at radius 2 is 1.83 bits per heavy atom. The highest BCUT2D eigenvalue weighted by Crippen LogP contribution is 2.29. The topological polar surface area (TPSA) is 64.4 Å². The molecule has 1 atom stereocenters. The summed E-state index contributed by atoms with van der Waals surface area (Å²) in [6.07, 6.45) is 3.07. The smallest absolute Gasteiger partial charge is 0.241 e. The van der Waals surface area contributed by atoms with Crippen molar-refractivity contribution in [1.82, 2.24) is 0 Å². The van der Waals surface area contributed by atoms with Crippen molar-refractivity contribution < 1.29 is 9.53 Å². The van der Waals surface area contributed by atoms with Crippen molar-refractivity contribution in [2.24, 2.45) is 11.7 Å². The first-order chi connectivity index (χ1) is 11.2. The Hall–Kier alpha value is -2.33. The first-order valence-electron chi connectivity index (χ1n) is 8.04. The van der Waals surface area contributed by atoms with Gasteiger partial charge in [-0.05, 0) is 55.0 Å². The van der Waals surface area contributed by atoms with Gasteiger partial charge < -0.3 is 15.8 Å². The van der Waals surface area contributed by atoms with Crippen LogP contribution >= 0.6 is 0 Å². The molecule has 3 N–H and O–H groups in total. The summed E-state index contributed by atoms with van der Waals surface area (Å²) < 4.78 is 5.68. The molecular formula is C19H22N2O2. The molecule has 0 bridgehead atoms. The summed E-state index contributed by atoms with van der Waals surface area (Å²) in [5.74, 6) is 1.38. The number of anilines is 1. The Balaban J connectivity index is 1.50. The molecule has 1 aliphatic rings. The molecule has 4 heteroatoms. The van der Waals surface area contributed by atoms with Crippen LogP contribution in [-0.2, 0) is 11.2 Å². The molecule has 0 aliphatic heterocycles. The van der Waals surface area contributed by atoms with Crippen LogP contribution in [0.4, 0.5) is 5.69 Å². The van der Waals surface area contributed by atoms with Crippen molar-refractivity contribution in [3.8, 4) is 5.75 Å². The van der Waals surface area contributed by atoms with Gasteiger partial charge in [0.25, 0.3) is 0 Å². The van der Waals surface area contributed by atoms with Crippen molar-refractivity contribution in [1.29, 1.82) is 0 Å². The summed E-state index contributed by atoms with van der Waals surface area (Å²) in [6.45, 7) is 0.785. The number of ether oxygens (including phenoxy) is 1. The lowest BCUT2D eigenvalue weighted by Crippen LogP contribution is -2.37. The fourth-order valence-corrected chi connectivity index (χ4v) is 2.33. The molecule has 0 spiro atoms. The van der Waals surface area contributed by atoms with Gasteiger partial charge in [0.15, 0.2) is 0 Å². The van der Waals surface area contributed by atoms with Crippen molar-refractivity contribution in [2.75, 3.05) is 11.9 Å².